The maximum Gasteiger partial charge on any atom is 4.00 e. The van der Waals surface area contributed by atoms with E-state index in [1.807, 2.05) is 0 Å². The standard InChI is InChI=1S/2C19H19.C2H6Si.2CH3.Zr/c2*1-4-15-11-16-6-5-7-18(19(16)12-15)17-9-13(2)8-14(3)10-17;1-3-2;;;/h2*5-12H,4H2,1-3H3;1-2H3;2*1H3;/q2*-1;;2*-1;+4. The van der Waals surface area contributed by atoms with E-state index in [0.717, 1.165) is 22.4 Å². The van der Waals surface area contributed by atoms with Crippen LogP contribution in [0.25, 0.3) is 43.8 Å². The topological polar surface area (TPSA) is 0 Å². The largest absolute Gasteiger partial charge is 4.00 e. The van der Waals surface area contributed by atoms with Gasteiger partial charge in [-0.3, -0.25) is 0 Å². The van der Waals surface area contributed by atoms with Crippen LogP contribution in [-0.4, -0.2) is 9.52 Å². The van der Waals surface area contributed by atoms with E-state index in [-0.39, 0.29) is 41.1 Å². The summed E-state index contributed by atoms with van der Waals surface area (Å²) in [6.45, 7) is 17.4. The normalized spacial score (nSPS) is 10.0. The third kappa shape index (κ3) is 9.60. The van der Waals surface area contributed by atoms with Crippen LogP contribution >= 0.6 is 0 Å². The molecule has 0 saturated heterocycles. The van der Waals surface area contributed by atoms with Gasteiger partial charge >= 0.3 is 26.2 Å². The van der Waals surface area contributed by atoms with Crippen molar-refractivity contribution in [3.63, 3.8) is 0 Å². The molecule has 0 fully saturated rings. The van der Waals surface area contributed by atoms with Crippen LogP contribution in [-0.2, 0) is 39.0 Å². The predicted octanol–water partition coefficient (Wildman–Crippen LogP) is 12.5. The van der Waals surface area contributed by atoms with E-state index in [9.17, 15) is 0 Å². The summed E-state index contributed by atoms with van der Waals surface area (Å²) in [4.78, 5) is 0. The molecule has 0 saturated carbocycles. The summed E-state index contributed by atoms with van der Waals surface area (Å²) in [5, 5.41) is 5.47. The van der Waals surface area contributed by atoms with Gasteiger partial charge in [0.2, 0.25) is 0 Å². The second kappa shape index (κ2) is 18.2. The molecule has 0 aromatic heterocycles. The van der Waals surface area contributed by atoms with Crippen LogP contribution in [0, 0.1) is 42.5 Å². The Labute approximate surface area is 290 Å². The van der Waals surface area contributed by atoms with Crippen molar-refractivity contribution in [1.29, 1.82) is 0 Å². The molecule has 44 heavy (non-hydrogen) atoms. The first-order valence-corrected chi connectivity index (χ1v) is 16.9. The predicted molar refractivity (Wildman–Crippen MR) is 198 cm³/mol. The van der Waals surface area contributed by atoms with E-state index in [0.29, 0.717) is 0 Å². The van der Waals surface area contributed by atoms with Crippen LogP contribution < -0.4 is 0 Å². The van der Waals surface area contributed by atoms with E-state index < -0.39 is 0 Å². The fourth-order valence-electron chi connectivity index (χ4n) is 5.77. The molecule has 0 aliphatic carbocycles. The van der Waals surface area contributed by atoms with Crippen LogP contribution in [0.5, 0.6) is 0 Å². The molecule has 0 aliphatic heterocycles. The number of hydrogen-bond acceptors (Lipinski definition) is 0. The Morgan fingerprint density at radius 3 is 1.14 bits per heavy atom. The second-order valence-electron chi connectivity index (χ2n) is 11.3. The first kappa shape index (κ1) is 39.2. The minimum atomic E-state index is 0. The average Bonchev–Trinajstić information content (AvgIpc) is 3.56. The number of rotatable bonds is 4. The smallest absolute Gasteiger partial charge is 0.358 e. The molecule has 0 nitrogen and oxygen atoms in total. The Hall–Kier alpha value is -2.80. The van der Waals surface area contributed by atoms with E-state index in [1.54, 1.807) is 0 Å². The van der Waals surface area contributed by atoms with Crippen LogP contribution in [0.15, 0.2) is 97.1 Å². The van der Waals surface area contributed by atoms with Gasteiger partial charge in [0.15, 0.2) is 0 Å². The summed E-state index contributed by atoms with van der Waals surface area (Å²) in [6, 6.07) is 36.1. The maximum absolute atomic E-state index is 2.34. The van der Waals surface area contributed by atoms with E-state index in [1.165, 1.54) is 77.2 Å². The van der Waals surface area contributed by atoms with Gasteiger partial charge in [-0.15, -0.1) is 69.1 Å². The molecule has 0 bridgehead atoms. The summed E-state index contributed by atoms with van der Waals surface area (Å²) < 4.78 is 0. The molecule has 0 N–H and O–H groups in total. The van der Waals surface area contributed by atoms with Crippen molar-refractivity contribution in [3.8, 4) is 22.3 Å². The molecular weight excluding hydrogens is 624 g/mol. The third-order valence-corrected chi connectivity index (χ3v) is 7.50. The van der Waals surface area contributed by atoms with Crippen molar-refractivity contribution in [2.75, 3.05) is 0 Å². The molecule has 0 aliphatic rings. The summed E-state index contributed by atoms with van der Waals surface area (Å²) in [5.41, 5.74) is 13.5. The molecule has 6 aromatic rings. The molecular formula is C42H50SiZr. The number of fused-ring (bicyclic) bond motifs is 2. The monoisotopic (exact) mass is 672 g/mol. The number of benzene rings is 4. The van der Waals surface area contributed by atoms with Gasteiger partial charge in [0.05, 0.1) is 0 Å². The summed E-state index contributed by atoms with van der Waals surface area (Å²) in [7, 11) is 1.08. The molecule has 0 amide bonds. The van der Waals surface area contributed by atoms with Gasteiger partial charge in [-0.1, -0.05) is 109 Å². The van der Waals surface area contributed by atoms with Gasteiger partial charge in [-0.05, 0) is 51.7 Å². The molecule has 226 valence electrons. The zero-order valence-electron chi connectivity index (χ0n) is 28.7. The van der Waals surface area contributed by atoms with Crippen molar-refractivity contribution in [3.05, 3.63) is 145 Å². The molecule has 0 heterocycles. The van der Waals surface area contributed by atoms with Crippen LogP contribution in [0.1, 0.15) is 47.2 Å². The van der Waals surface area contributed by atoms with Crippen LogP contribution in [0.3, 0.4) is 0 Å². The fraction of sp³-hybridized carbons (Fsp3) is 0.238. The van der Waals surface area contributed by atoms with Gasteiger partial charge in [0.1, 0.15) is 0 Å². The third-order valence-electron chi connectivity index (χ3n) is 7.50. The summed E-state index contributed by atoms with van der Waals surface area (Å²) >= 11 is 0. The van der Waals surface area contributed by atoms with Crippen LogP contribution in [0.4, 0.5) is 0 Å². The van der Waals surface area contributed by atoms with E-state index in [2.05, 4.69) is 152 Å². The molecule has 2 radical (unpaired) electrons. The van der Waals surface area contributed by atoms with Crippen molar-refractivity contribution in [2.45, 2.75) is 67.5 Å². The second-order valence-corrected chi connectivity index (χ2v) is 12.3. The quantitative estimate of drug-likeness (QED) is 0.129. The zero-order chi connectivity index (χ0) is 29.5. The Balaban J connectivity index is 0.000000380. The van der Waals surface area contributed by atoms with Gasteiger partial charge < -0.3 is 14.9 Å². The van der Waals surface area contributed by atoms with Crippen molar-refractivity contribution < 1.29 is 26.2 Å². The summed E-state index contributed by atoms with van der Waals surface area (Å²) in [6.07, 6.45) is 2.20. The Bertz CT molecular complexity index is 1580. The first-order chi connectivity index (χ1) is 19.8. The Morgan fingerprint density at radius 1 is 0.523 bits per heavy atom. The summed E-state index contributed by atoms with van der Waals surface area (Å²) in [5.74, 6) is 0. The molecule has 0 spiro atoms. The van der Waals surface area contributed by atoms with E-state index in [4.69, 9.17) is 0 Å². The van der Waals surface area contributed by atoms with Gasteiger partial charge in [-0.2, -0.15) is 12.1 Å². The molecule has 6 aromatic carbocycles. The van der Waals surface area contributed by atoms with Crippen molar-refractivity contribution in [2.24, 2.45) is 0 Å². The molecule has 6 rings (SSSR count). The van der Waals surface area contributed by atoms with Crippen LogP contribution in [0.2, 0.25) is 13.1 Å². The minimum Gasteiger partial charge on any atom is -0.358 e. The van der Waals surface area contributed by atoms with Gasteiger partial charge in [0.25, 0.3) is 0 Å². The minimum absolute atomic E-state index is 0. The molecule has 0 unspecified atom stereocenters. The van der Waals surface area contributed by atoms with Crippen molar-refractivity contribution in [1.82, 2.24) is 0 Å². The zero-order valence-corrected chi connectivity index (χ0v) is 32.1. The fourth-order valence-corrected chi connectivity index (χ4v) is 5.77. The maximum atomic E-state index is 2.34. The molecule has 0 atom stereocenters. The number of hydrogen-bond donors (Lipinski definition) is 0. The number of aryl methyl sites for hydroxylation is 6. The van der Waals surface area contributed by atoms with E-state index >= 15 is 0 Å². The van der Waals surface area contributed by atoms with Gasteiger partial charge in [0, 0.05) is 9.52 Å². The van der Waals surface area contributed by atoms with Gasteiger partial charge in [-0.25, -0.2) is 0 Å². The first-order valence-electron chi connectivity index (χ1n) is 14.9. The SMILES string of the molecule is CCc1cc2c(-c3cc(C)cc(C)c3)cccc2[cH-]1.CCc1cc2c(-c3cc(C)cc(C)c3)cccc2[cH-]1.C[Si]C.[CH3-].[CH3-].[Zr+4]. The Morgan fingerprint density at radius 2 is 0.841 bits per heavy atom. The van der Waals surface area contributed by atoms with Crippen molar-refractivity contribution >= 4 is 31.1 Å². The molecule has 2 heteroatoms. The average molecular weight is 674 g/mol. The Kier molecular flexibility index (Phi) is 16.3.